The number of benzene rings is 2. The highest BCUT2D eigenvalue weighted by Crippen LogP contribution is 2.20. The van der Waals surface area contributed by atoms with Crippen LogP contribution in [-0.2, 0) is 6.42 Å². The summed E-state index contributed by atoms with van der Waals surface area (Å²) in [7, 11) is 0. The van der Waals surface area contributed by atoms with Crippen LogP contribution in [0.3, 0.4) is 0 Å². The van der Waals surface area contributed by atoms with E-state index in [2.05, 4.69) is 52.4 Å². The number of nitrogens with zero attached hydrogens (tertiary/aromatic N) is 2. The predicted molar refractivity (Wildman–Crippen MR) is 68.8 cm³/mol. The molecule has 0 amide bonds. The highest BCUT2D eigenvalue weighted by Gasteiger charge is 2.02. The molecule has 0 unspecified atom stereocenters. The van der Waals surface area contributed by atoms with Gasteiger partial charge in [-0.3, -0.25) is 9.97 Å². The molecule has 0 fully saturated rings. The van der Waals surface area contributed by atoms with E-state index in [0.29, 0.717) is 0 Å². The zero-order valence-electron chi connectivity index (χ0n) is 9.38. The molecule has 3 rings (SSSR count). The van der Waals surface area contributed by atoms with Gasteiger partial charge in [-0.2, -0.15) is 0 Å². The first-order chi connectivity index (χ1) is 8.43. The van der Waals surface area contributed by atoms with Crippen LogP contribution in [0.4, 0.5) is 0 Å². The molecule has 0 saturated carbocycles. The average Bonchev–Trinajstić information content (AvgIpc) is 2.40. The highest BCUT2D eigenvalue weighted by atomic mass is 14.8. The first-order valence-electron chi connectivity index (χ1n) is 5.65. The fourth-order valence-corrected chi connectivity index (χ4v) is 2.06. The molecule has 2 nitrogen and oxygen atoms in total. The average molecular weight is 220 g/mol. The lowest BCUT2D eigenvalue weighted by Gasteiger charge is -2.05. The van der Waals surface area contributed by atoms with E-state index < -0.39 is 0 Å². The quantitative estimate of drug-likeness (QED) is 0.662. The van der Waals surface area contributed by atoms with Crippen LogP contribution in [0, 0.1) is 0 Å². The molecule has 0 saturated heterocycles. The normalized spacial score (nSPS) is 10.6. The van der Waals surface area contributed by atoms with Crippen LogP contribution in [0.15, 0.2) is 61.1 Å². The Bertz CT molecular complexity index is 627. The third kappa shape index (κ3) is 2.02. The van der Waals surface area contributed by atoms with Gasteiger partial charge >= 0.3 is 0 Å². The van der Waals surface area contributed by atoms with E-state index in [-0.39, 0.29) is 0 Å². The first-order valence-corrected chi connectivity index (χ1v) is 5.65. The lowest BCUT2D eigenvalue weighted by atomic mass is 10.0. The zero-order valence-corrected chi connectivity index (χ0v) is 9.38. The molecule has 82 valence electrons. The Kier molecular flexibility index (Phi) is 2.54. The van der Waals surface area contributed by atoms with E-state index in [0.717, 1.165) is 12.1 Å². The molecule has 0 aliphatic carbocycles. The summed E-state index contributed by atoms with van der Waals surface area (Å²) in [5.41, 5.74) is 2.30. The van der Waals surface area contributed by atoms with Gasteiger partial charge in [0.1, 0.15) is 0 Å². The van der Waals surface area contributed by atoms with Crippen molar-refractivity contribution in [2.75, 3.05) is 0 Å². The van der Waals surface area contributed by atoms with Gasteiger partial charge in [0.2, 0.25) is 0 Å². The maximum Gasteiger partial charge on any atom is 0.0630 e. The monoisotopic (exact) mass is 220 g/mol. The molecule has 0 atom stereocenters. The lowest BCUT2D eigenvalue weighted by Crippen LogP contribution is -1.93. The summed E-state index contributed by atoms with van der Waals surface area (Å²) in [6.07, 6.45) is 6.09. The Balaban J connectivity index is 2.06. The van der Waals surface area contributed by atoms with Crippen molar-refractivity contribution in [1.29, 1.82) is 0 Å². The summed E-state index contributed by atoms with van der Waals surface area (Å²) in [5.74, 6) is 0. The van der Waals surface area contributed by atoms with E-state index in [9.17, 15) is 0 Å². The van der Waals surface area contributed by atoms with Crippen molar-refractivity contribution in [3.63, 3.8) is 0 Å². The van der Waals surface area contributed by atoms with Crippen LogP contribution in [-0.4, -0.2) is 9.97 Å². The predicted octanol–water partition coefficient (Wildman–Crippen LogP) is 3.22. The van der Waals surface area contributed by atoms with E-state index in [4.69, 9.17) is 0 Å². The molecule has 17 heavy (non-hydrogen) atoms. The number of hydrogen-bond donors (Lipinski definition) is 0. The molecule has 2 heteroatoms. The minimum Gasteiger partial charge on any atom is -0.261 e. The second kappa shape index (κ2) is 4.34. The summed E-state index contributed by atoms with van der Waals surface area (Å²) < 4.78 is 0. The minimum absolute atomic E-state index is 0.829. The van der Waals surface area contributed by atoms with Crippen molar-refractivity contribution in [2.24, 2.45) is 0 Å². The third-order valence-corrected chi connectivity index (χ3v) is 2.87. The van der Waals surface area contributed by atoms with Gasteiger partial charge in [-0.1, -0.05) is 42.5 Å². The van der Waals surface area contributed by atoms with E-state index in [1.165, 1.54) is 16.3 Å². The van der Waals surface area contributed by atoms with Gasteiger partial charge in [-0.05, 0) is 16.3 Å². The summed E-state index contributed by atoms with van der Waals surface area (Å²) in [6.45, 7) is 0. The van der Waals surface area contributed by atoms with Crippen molar-refractivity contribution < 1.29 is 0 Å². The van der Waals surface area contributed by atoms with Gasteiger partial charge in [0.15, 0.2) is 0 Å². The summed E-state index contributed by atoms with van der Waals surface area (Å²) in [6, 6.07) is 14.8. The number of fused-ring (bicyclic) bond motifs is 1. The van der Waals surface area contributed by atoms with Crippen LogP contribution in [0.5, 0.6) is 0 Å². The molecule has 0 radical (unpaired) electrons. The fourth-order valence-electron chi connectivity index (χ4n) is 2.06. The second-order valence-electron chi connectivity index (χ2n) is 4.01. The second-order valence-corrected chi connectivity index (χ2v) is 4.01. The topological polar surface area (TPSA) is 25.8 Å². The van der Waals surface area contributed by atoms with Crippen LogP contribution < -0.4 is 0 Å². The van der Waals surface area contributed by atoms with Crippen LogP contribution >= 0.6 is 0 Å². The van der Waals surface area contributed by atoms with Gasteiger partial charge in [0.05, 0.1) is 5.69 Å². The Morgan fingerprint density at radius 2 is 1.76 bits per heavy atom. The maximum atomic E-state index is 4.32. The van der Waals surface area contributed by atoms with Gasteiger partial charge in [0.25, 0.3) is 0 Å². The van der Waals surface area contributed by atoms with Crippen LogP contribution in [0.2, 0.25) is 0 Å². The first kappa shape index (κ1) is 9.97. The van der Waals surface area contributed by atoms with E-state index >= 15 is 0 Å². The largest absolute Gasteiger partial charge is 0.261 e. The van der Waals surface area contributed by atoms with Gasteiger partial charge in [-0.25, -0.2) is 0 Å². The Labute approximate surface area is 100.0 Å². The zero-order chi connectivity index (χ0) is 11.5. The minimum atomic E-state index is 0.829. The van der Waals surface area contributed by atoms with E-state index in [1.54, 1.807) is 12.4 Å². The van der Waals surface area contributed by atoms with Gasteiger partial charge < -0.3 is 0 Å². The van der Waals surface area contributed by atoms with Gasteiger partial charge in [0, 0.05) is 25.0 Å². The smallest absolute Gasteiger partial charge is 0.0630 e. The molecular weight excluding hydrogens is 208 g/mol. The summed E-state index contributed by atoms with van der Waals surface area (Å²) in [4.78, 5) is 8.42. The van der Waals surface area contributed by atoms with Crippen molar-refractivity contribution in [2.45, 2.75) is 6.42 Å². The summed E-state index contributed by atoms with van der Waals surface area (Å²) in [5, 5.41) is 2.56. The molecule has 2 aromatic carbocycles. The maximum absolute atomic E-state index is 4.32. The third-order valence-electron chi connectivity index (χ3n) is 2.87. The van der Waals surface area contributed by atoms with Crippen LogP contribution in [0.25, 0.3) is 10.8 Å². The van der Waals surface area contributed by atoms with Crippen molar-refractivity contribution in [3.05, 3.63) is 72.3 Å². The molecule has 1 aromatic heterocycles. The van der Waals surface area contributed by atoms with Crippen molar-refractivity contribution in [1.82, 2.24) is 9.97 Å². The molecule has 3 aromatic rings. The number of rotatable bonds is 2. The standard InChI is InChI=1S/C15H12N2/c1-2-7-15-12(4-1)5-3-6-13(15)10-14-11-16-8-9-17-14/h1-9,11H,10H2. The Morgan fingerprint density at radius 1 is 0.882 bits per heavy atom. The summed E-state index contributed by atoms with van der Waals surface area (Å²) >= 11 is 0. The molecule has 0 spiro atoms. The SMILES string of the molecule is c1ccc2c(Cc3cnccn3)cccc2c1. The van der Waals surface area contributed by atoms with Crippen LogP contribution in [0.1, 0.15) is 11.3 Å². The molecule has 0 bridgehead atoms. The molecule has 0 aliphatic heterocycles. The lowest BCUT2D eigenvalue weighted by molar-refractivity contribution is 1.04. The Hall–Kier alpha value is -2.22. The molecule has 0 N–H and O–H groups in total. The van der Waals surface area contributed by atoms with E-state index in [1.807, 2.05) is 6.20 Å². The van der Waals surface area contributed by atoms with Gasteiger partial charge in [-0.15, -0.1) is 0 Å². The van der Waals surface area contributed by atoms with Crippen molar-refractivity contribution in [3.8, 4) is 0 Å². The molecular formula is C15H12N2. The number of aromatic nitrogens is 2. The Morgan fingerprint density at radius 3 is 2.65 bits per heavy atom. The number of hydrogen-bond acceptors (Lipinski definition) is 2. The van der Waals surface area contributed by atoms with Crippen molar-refractivity contribution >= 4 is 10.8 Å². The highest BCUT2D eigenvalue weighted by molar-refractivity contribution is 5.85. The molecule has 1 heterocycles. The fraction of sp³-hybridized carbons (Fsp3) is 0.0667. The molecule has 0 aliphatic rings.